The highest BCUT2D eigenvalue weighted by Gasteiger charge is 2.40. The number of nitrogens with zero attached hydrogens (tertiary/aromatic N) is 2. The summed E-state index contributed by atoms with van der Waals surface area (Å²) in [5.41, 5.74) is 4.24. The zero-order valence-corrected chi connectivity index (χ0v) is 19.8. The first-order valence-electron chi connectivity index (χ1n) is 10.4. The normalized spacial score (nSPS) is 18.3. The van der Waals surface area contributed by atoms with Crippen molar-refractivity contribution in [1.29, 1.82) is 0 Å². The molecule has 3 aromatic rings. The van der Waals surface area contributed by atoms with Gasteiger partial charge in [0, 0.05) is 26.0 Å². The van der Waals surface area contributed by atoms with Crippen molar-refractivity contribution in [2.24, 2.45) is 0 Å². The van der Waals surface area contributed by atoms with Gasteiger partial charge in [0.2, 0.25) is 0 Å². The van der Waals surface area contributed by atoms with Gasteiger partial charge < -0.3 is 4.74 Å². The fourth-order valence-electron chi connectivity index (χ4n) is 4.71. The fraction of sp³-hybridized carbons (Fsp3) is 0.400. The van der Waals surface area contributed by atoms with Crippen molar-refractivity contribution in [3.05, 3.63) is 65.3 Å². The lowest BCUT2D eigenvalue weighted by atomic mass is 9.85. The van der Waals surface area contributed by atoms with Crippen LogP contribution in [0.1, 0.15) is 52.1 Å². The van der Waals surface area contributed by atoms with Gasteiger partial charge in [0.05, 0.1) is 18.5 Å². The summed E-state index contributed by atoms with van der Waals surface area (Å²) in [5, 5.41) is 5.87. The Morgan fingerprint density at radius 2 is 1.63 bits per heavy atom. The topological polar surface area (TPSA) is 27.1 Å². The SMILES string of the molecule is COc1ccccc1-n1nc(C2CC(C)(C)SC(C)(C)C2)cc1-c1ccc(Cl)cc1. The molecule has 0 atom stereocenters. The molecular weight excluding hydrogens is 412 g/mol. The van der Waals surface area contributed by atoms with Crippen molar-refractivity contribution < 1.29 is 4.74 Å². The maximum Gasteiger partial charge on any atom is 0.144 e. The Labute approximate surface area is 188 Å². The van der Waals surface area contributed by atoms with Crippen LogP contribution in [0.25, 0.3) is 16.9 Å². The summed E-state index contributed by atoms with van der Waals surface area (Å²) in [6, 6.07) is 18.3. The zero-order chi connectivity index (χ0) is 21.5. The van der Waals surface area contributed by atoms with Crippen LogP contribution in [0, 0.1) is 0 Å². The van der Waals surface area contributed by atoms with Crippen LogP contribution in [0.15, 0.2) is 54.6 Å². The number of benzene rings is 2. The summed E-state index contributed by atoms with van der Waals surface area (Å²) in [6.07, 6.45) is 2.23. The highest BCUT2D eigenvalue weighted by atomic mass is 35.5. The molecular formula is C25H29ClN2OS. The Hall–Kier alpha value is -1.91. The number of hydrogen-bond donors (Lipinski definition) is 0. The molecule has 0 saturated carbocycles. The molecule has 0 amide bonds. The molecule has 3 nitrogen and oxygen atoms in total. The second-order valence-electron chi connectivity index (χ2n) is 9.27. The molecule has 1 fully saturated rings. The van der Waals surface area contributed by atoms with Crippen molar-refractivity contribution in [2.75, 3.05) is 7.11 Å². The van der Waals surface area contributed by atoms with E-state index in [9.17, 15) is 0 Å². The van der Waals surface area contributed by atoms with E-state index < -0.39 is 0 Å². The molecule has 2 aromatic carbocycles. The molecule has 158 valence electrons. The lowest BCUT2D eigenvalue weighted by Gasteiger charge is -2.44. The van der Waals surface area contributed by atoms with Gasteiger partial charge in [-0.3, -0.25) is 0 Å². The van der Waals surface area contributed by atoms with Gasteiger partial charge >= 0.3 is 0 Å². The lowest BCUT2D eigenvalue weighted by molar-refractivity contribution is 0.409. The number of para-hydroxylation sites is 2. The number of rotatable bonds is 4. The van der Waals surface area contributed by atoms with E-state index in [4.69, 9.17) is 21.4 Å². The third-order valence-corrected chi connectivity index (χ3v) is 7.32. The highest BCUT2D eigenvalue weighted by molar-refractivity contribution is 8.01. The Kier molecular flexibility index (Phi) is 5.67. The standard InChI is InChI=1S/C25H29ClN2OS/c1-24(2)15-18(16-25(3,4)30-24)20-14-22(17-10-12-19(26)13-11-17)28(27-20)21-8-6-7-9-23(21)29-5/h6-14,18H,15-16H2,1-5H3. The summed E-state index contributed by atoms with van der Waals surface area (Å²) in [7, 11) is 1.70. The second kappa shape index (κ2) is 7.97. The van der Waals surface area contributed by atoms with Crippen LogP contribution >= 0.6 is 23.4 Å². The van der Waals surface area contributed by atoms with Crippen molar-refractivity contribution in [2.45, 2.75) is 55.9 Å². The largest absolute Gasteiger partial charge is 0.494 e. The second-order valence-corrected chi connectivity index (χ2v) is 12.1. The molecule has 0 aliphatic carbocycles. The van der Waals surface area contributed by atoms with E-state index in [1.807, 2.05) is 35.0 Å². The third-order valence-electron chi connectivity index (χ3n) is 5.63. The number of thioether (sulfide) groups is 1. The maximum atomic E-state index is 6.15. The van der Waals surface area contributed by atoms with Crippen LogP contribution in [0.2, 0.25) is 5.02 Å². The predicted molar refractivity (Wildman–Crippen MR) is 128 cm³/mol. The number of halogens is 1. The van der Waals surface area contributed by atoms with E-state index in [0.29, 0.717) is 5.92 Å². The van der Waals surface area contributed by atoms with Crippen molar-refractivity contribution >= 4 is 23.4 Å². The van der Waals surface area contributed by atoms with Crippen LogP contribution in [0.3, 0.4) is 0 Å². The van der Waals surface area contributed by atoms with Gasteiger partial charge in [0.25, 0.3) is 0 Å². The number of ether oxygens (including phenoxy) is 1. The van der Waals surface area contributed by atoms with Crippen LogP contribution in [0.5, 0.6) is 5.75 Å². The predicted octanol–water partition coefficient (Wildman–Crippen LogP) is 7.37. The maximum absolute atomic E-state index is 6.15. The smallest absolute Gasteiger partial charge is 0.144 e. The van der Waals surface area contributed by atoms with E-state index in [1.165, 1.54) is 0 Å². The Morgan fingerprint density at radius 3 is 2.27 bits per heavy atom. The van der Waals surface area contributed by atoms with Crippen LogP contribution in [0.4, 0.5) is 0 Å². The Balaban J connectivity index is 1.85. The summed E-state index contributed by atoms with van der Waals surface area (Å²) < 4.78 is 8.12. The quantitative estimate of drug-likeness (QED) is 0.423. The molecule has 0 N–H and O–H groups in total. The molecule has 4 rings (SSSR count). The monoisotopic (exact) mass is 440 g/mol. The van der Waals surface area contributed by atoms with Gasteiger partial charge in [-0.05, 0) is 43.2 Å². The first-order valence-corrected chi connectivity index (χ1v) is 11.6. The molecule has 2 heterocycles. The summed E-state index contributed by atoms with van der Waals surface area (Å²) in [6.45, 7) is 9.40. The summed E-state index contributed by atoms with van der Waals surface area (Å²) >= 11 is 8.24. The fourth-order valence-corrected chi connectivity index (χ4v) is 6.90. The van der Waals surface area contributed by atoms with E-state index in [2.05, 4.69) is 63.7 Å². The average molecular weight is 441 g/mol. The highest BCUT2D eigenvalue weighted by Crippen LogP contribution is 2.52. The van der Waals surface area contributed by atoms with E-state index in [-0.39, 0.29) is 9.49 Å². The van der Waals surface area contributed by atoms with Gasteiger partial charge in [0.1, 0.15) is 11.4 Å². The minimum absolute atomic E-state index is 0.223. The molecule has 1 aromatic heterocycles. The van der Waals surface area contributed by atoms with Crippen molar-refractivity contribution in [3.8, 4) is 22.7 Å². The average Bonchev–Trinajstić information content (AvgIpc) is 3.11. The summed E-state index contributed by atoms with van der Waals surface area (Å²) in [4.78, 5) is 0. The molecule has 0 spiro atoms. The number of hydrogen-bond acceptors (Lipinski definition) is 3. The first-order chi connectivity index (χ1) is 14.2. The van der Waals surface area contributed by atoms with E-state index >= 15 is 0 Å². The van der Waals surface area contributed by atoms with E-state index in [0.717, 1.165) is 46.3 Å². The molecule has 0 bridgehead atoms. The molecule has 1 aliphatic heterocycles. The van der Waals surface area contributed by atoms with Gasteiger partial charge in [-0.15, -0.1) is 11.8 Å². The lowest BCUT2D eigenvalue weighted by Crippen LogP contribution is -2.35. The first kappa shape index (κ1) is 21.3. The Bertz CT molecular complexity index is 1020. The Morgan fingerprint density at radius 1 is 1.00 bits per heavy atom. The molecule has 0 unspecified atom stereocenters. The van der Waals surface area contributed by atoms with E-state index in [1.54, 1.807) is 7.11 Å². The van der Waals surface area contributed by atoms with Crippen molar-refractivity contribution in [3.63, 3.8) is 0 Å². The van der Waals surface area contributed by atoms with Crippen LogP contribution in [-0.2, 0) is 0 Å². The molecule has 0 radical (unpaired) electrons. The molecule has 30 heavy (non-hydrogen) atoms. The minimum Gasteiger partial charge on any atom is -0.494 e. The van der Waals surface area contributed by atoms with Crippen molar-refractivity contribution in [1.82, 2.24) is 9.78 Å². The van der Waals surface area contributed by atoms with Gasteiger partial charge in [-0.25, -0.2) is 4.68 Å². The van der Waals surface area contributed by atoms with Gasteiger partial charge in [-0.2, -0.15) is 5.10 Å². The summed E-state index contributed by atoms with van der Waals surface area (Å²) in [5.74, 6) is 1.22. The van der Waals surface area contributed by atoms with Gasteiger partial charge in [-0.1, -0.05) is 63.6 Å². The zero-order valence-electron chi connectivity index (χ0n) is 18.3. The van der Waals surface area contributed by atoms with Crippen LogP contribution < -0.4 is 4.74 Å². The van der Waals surface area contributed by atoms with Gasteiger partial charge in [0.15, 0.2) is 0 Å². The molecule has 1 aliphatic rings. The number of aromatic nitrogens is 2. The molecule has 5 heteroatoms. The minimum atomic E-state index is 0.223. The van der Waals surface area contributed by atoms with Crippen LogP contribution in [-0.4, -0.2) is 26.4 Å². The molecule has 1 saturated heterocycles. The third kappa shape index (κ3) is 4.40. The number of methoxy groups -OCH3 is 1.